The van der Waals surface area contributed by atoms with Gasteiger partial charge in [-0.2, -0.15) is 0 Å². The summed E-state index contributed by atoms with van der Waals surface area (Å²) in [6.07, 6.45) is 1.90. The average molecular weight is 388 g/mol. The van der Waals surface area contributed by atoms with E-state index in [9.17, 15) is 9.59 Å². The van der Waals surface area contributed by atoms with Crippen LogP contribution in [0.25, 0.3) is 0 Å². The van der Waals surface area contributed by atoms with Gasteiger partial charge in [0.1, 0.15) is 5.69 Å². The van der Waals surface area contributed by atoms with Gasteiger partial charge in [0.15, 0.2) is 5.78 Å². The van der Waals surface area contributed by atoms with Gasteiger partial charge in [-0.05, 0) is 62.6 Å². The molecule has 6 nitrogen and oxygen atoms in total. The Morgan fingerprint density at radius 2 is 1.69 bits per heavy atom. The smallest absolute Gasteiger partial charge is 0.274 e. The molecule has 1 aromatic heterocycles. The molecule has 3 aromatic rings. The molecule has 2 N–H and O–H groups in total. The fraction of sp³-hybridized carbons (Fsp3) is 0.217. The third-order valence-corrected chi connectivity index (χ3v) is 4.40. The number of aryl methyl sites for hydroxylation is 2. The summed E-state index contributed by atoms with van der Waals surface area (Å²) >= 11 is 0. The van der Waals surface area contributed by atoms with E-state index in [1.165, 1.54) is 12.5 Å². The number of hydrogen-bond acceptors (Lipinski definition) is 5. The topological polar surface area (TPSA) is 84.0 Å². The van der Waals surface area contributed by atoms with Crippen LogP contribution in [0.4, 0.5) is 11.6 Å². The maximum absolute atomic E-state index is 12.6. The van der Waals surface area contributed by atoms with E-state index in [4.69, 9.17) is 0 Å². The number of Topliss-reactive ketones (excluding diaryl/α,β-unsaturated/α-hetero) is 1. The van der Waals surface area contributed by atoms with E-state index in [0.717, 1.165) is 12.8 Å². The van der Waals surface area contributed by atoms with E-state index in [-0.39, 0.29) is 11.7 Å². The largest absolute Gasteiger partial charge is 0.354 e. The highest BCUT2D eigenvalue weighted by Gasteiger charge is 2.11. The first-order valence-corrected chi connectivity index (χ1v) is 9.57. The van der Waals surface area contributed by atoms with Crippen molar-refractivity contribution in [1.82, 2.24) is 9.97 Å². The van der Waals surface area contributed by atoms with Gasteiger partial charge in [0, 0.05) is 23.5 Å². The number of benzene rings is 2. The second-order valence-electron chi connectivity index (χ2n) is 6.82. The summed E-state index contributed by atoms with van der Waals surface area (Å²) in [6.45, 7) is 4.05. The Balaban J connectivity index is 1.58. The fourth-order valence-corrected chi connectivity index (χ4v) is 2.88. The molecular formula is C23H24N4O2. The van der Waals surface area contributed by atoms with E-state index >= 15 is 0 Å². The van der Waals surface area contributed by atoms with Crippen molar-refractivity contribution in [2.24, 2.45) is 0 Å². The summed E-state index contributed by atoms with van der Waals surface area (Å²) in [6, 6.07) is 18.7. The Labute approximate surface area is 170 Å². The lowest BCUT2D eigenvalue weighted by atomic mass is 10.1. The second-order valence-corrected chi connectivity index (χ2v) is 6.82. The van der Waals surface area contributed by atoms with Gasteiger partial charge in [-0.1, -0.05) is 30.3 Å². The lowest BCUT2D eigenvalue weighted by molar-refractivity contribution is 0.101. The molecule has 29 heavy (non-hydrogen) atoms. The van der Waals surface area contributed by atoms with E-state index in [1.807, 2.05) is 25.1 Å². The first-order valence-electron chi connectivity index (χ1n) is 9.57. The lowest BCUT2D eigenvalue weighted by Gasteiger charge is -2.09. The minimum atomic E-state index is -0.321. The zero-order chi connectivity index (χ0) is 20.6. The minimum absolute atomic E-state index is 0.0164. The lowest BCUT2D eigenvalue weighted by Crippen LogP contribution is -2.16. The van der Waals surface area contributed by atoms with Gasteiger partial charge in [0.2, 0.25) is 5.95 Å². The van der Waals surface area contributed by atoms with Crippen molar-refractivity contribution >= 4 is 23.3 Å². The van der Waals surface area contributed by atoms with Crippen molar-refractivity contribution in [3.05, 3.63) is 83.2 Å². The average Bonchev–Trinajstić information content (AvgIpc) is 2.72. The molecule has 0 spiro atoms. The molecule has 6 heteroatoms. The highest BCUT2D eigenvalue weighted by Crippen LogP contribution is 2.13. The van der Waals surface area contributed by atoms with Crippen LogP contribution >= 0.6 is 0 Å². The quantitative estimate of drug-likeness (QED) is 0.444. The van der Waals surface area contributed by atoms with Crippen LogP contribution < -0.4 is 10.6 Å². The third-order valence-electron chi connectivity index (χ3n) is 4.40. The number of carbonyl (C=O) groups is 2. The van der Waals surface area contributed by atoms with Gasteiger partial charge in [0.25, 0.3) is 5.91 Å². The van der Waals surface area contributed by atoms with Crippen molar-refractivity contribution in [2.75, 3.05) is 17.2 Å². The summed E-state index contributed by atoms with van der Waals surface area (Å²) in [5.41, 5.74) is 3.49. The van der Waals surface area contributed by atoms with Crippen LogP contribution in [0.2, 0.25) is 0 Å². The van der Waals surface area contributed by atoms with Gasteiger partial charge in [-0.3, -0.25) is 9.59 Å². The van der Waals surface area contributed by atoms with Crippen molar-refractivity contribution in [1.29, 1.82) is 0 Å². The van der Waals surface area contributed by atoms with Gasteiger partial charge >= 0.3 is 0 Å². The number of ketones is 1. The zero-order valence-electron chi connectivity index (χ0n) is 16.6. The number of nitrogens with one attached hydrogen (secondary N) is 2. The van der Waals surface area contributed by atoms with E-state index in [0.29, 0.717) is 35.1 Å². The number of carbonyl (C=O) groups excluding carboxylic acids is 2. The molecule has 0 saturated carbocycles. The predicted molar refractivity (Wildman–Crippen MR) is 114 cm³/mol. The molecule has 0 radical (unpaired) electrons. The first-order chi connectivity index (χ1) is 14.0. The van der Waals surface area contributed by atoms with Crippen molar-refractivity contribution in [3.8, 4) is 0 Å². The second kappa shape index (κ2) is 9.59. The molecule has 0 aliphatic carbocycles. The SMILES string of the molecule is CC(=O)c1ccc(NC(=O)c2cc(C)nc(NCCCc3ccccc3)n2)cc1. The Kier molecular flexibility index (Phi) is 6.68. The van der Waals surface area contributed by atoms with Crippen LogP contribution in [0.1, 0.15) is 45.4 Å². The molecule has 1 amide bonds. The monoisotopic (exact) mass is 388 g/mol. The highest BCUT2D eigenvalue weighted by molar-refractivity contribution is 6.03. The van der Waals surface area contributed by atoms with Crippen molar-refractivity contribution < 1.29 is 9.59 Å². The molecule has 148 valence electrons. The Bertz CT molecular complexity index is 986. The van der Waals surface area contributed by atoms with Gasteiger partial charge in [-0.15, -0.1) is 0 Å². The first kappa shape index (κ1) is 20.2. The van der Waals surface area contributed by atoms with Crippen molar-refractivity contribution in [3.63, 3.8) is 0 Å². The fourth-order valence-electron chi connectivity index (χ4n) is 2.88. The number of anilines is 2. The van der Waals surface area contributed by atoms with E-state index in [1.54, 1.807) is 30.3 Å². The van der Waals surface area contributed by atoms with E-state index in [2.05, 4.69) is 32.7 Å². The summed E-state index contributed by atoms with van der Waals surface area (Å²) in [5.74, 6) is 0.103. The zero-order valence-corrected chi connectivity index (χ0v) is 16.6. The number of nitrogens with zero attached hydrogens (tertiary/aromatic N) is 2. The summed E-state index contributed by atoms with van der Waals surface area (Å²) < 4.78 is 0. The molecule has 1 heterocycles. The summed E-state index contributed by atoms with van der Waals surface area (Å²) in [5, 5.41) is 5.99. The van der Waals surface area contributed by atoms with Gasteiger partial charge < -0.3 is 10.6 Å². The third kappa shape index (κ3) is 5.97. The standard InChI is InChI=1S/C23H24N4O2/c1-16-15-21(22(29)26-20-12-10-19(11-13-20)17(2)28)27-23(25-16)24-14-6-9-18-7-4-3-5-8-18/h3-5,7-8,10-13,15H,6,9,14H2,1-2H3,(H,26,29)(H,24,25,27). The van der Waals surface area contributed by atoms with Crippen LogP contribution in [0.15, 0.2) is 60.7 Å². The van der Waals surface area contributed by atoms with Gasteiger partial charge in [0.05, 0.1) is 0 Å². The molecular weight excluding hydrogens is 364 g/mol. The number of rotatable bonds is 8. The van der Waals surface area contributed by atoms with Crippen LogP contribution in [0.3, 0.4) is 0 Å². The normalized spacial score (nSPS) is 10.4. The molecule has 0 aliphatic rings. The number of amides is 1. The maximum Gasteiger partial charge on any atom is 0.274 e. The predicted octanol–water partition coefficient (Wildman–Crippen LogP) is 4.28. The summed E-state index contributed by atoms with van der Waals surface area (Å²) in [4.78, 5) is 32.6. The van der Waals surface area contributed by atoms with Crippen molar-refractivity contribution in [2.45, 2.75) is 26.7 Å². The summed E-state index contributed by atoms with van der Waals surface area (Å²) in [7, 11) is 0. The van der Waals surface area contributed by atoms with Crippen LogP contribution in [-0.4, -0.2) is 28.2 Å². The molecule has 2 aromatic carbocycles. The Morgan fingerprint density at radius 1 is 0.966 bits per heavy atom. The van der Waals surface area contributed by atoms with Crippen LogP contribution in [-0.2, 0) is 6.42 Å². The maximum atomic E-state index is 12.6. The van der Waals surface area contributed by atoms with Crippen LogP contribution in [0.5, 0.6) is 0 Å². The molecule has 0 fully saturated rings. The molecule has 0 unspecified atom stereocenters. The molecule has 0 saturated heterocycles. The minimum Gasteiger partial charge on any atom is -0.354 e. The molecule has 0 bridgehead atoms. The van der Waals surface area contributed by atoms with E-state index < -0.39 is 0 Å². The number of aromatic nitrogens is 2. The number of hydrogen-bond donors (Lipinski definition) is 2. The Morgan fingerprint density at radius 3 is 2.38 bits per heavy atom. The van der Waals surface area contributed by atoms with Gasteiger partial charge in [-0.25, -0.2) is 9.97 Å². The van der Waals surface area contributed by atoms with Crippen LogP contribution in [0, 0.1) is 6.92 Å². The highest BCUT2D eigenvalue weighted by atomic mass is 16.2. The molecule has 0 atom stereocenters. The molecule has 3 rings (SSSR count). The Hall–Kier alpha value is -3.54. The molecule has 0 aliphatic heterocycles.